The quantitative estimate of drug-likeness (QED) is 0.397. The van der Waals surface area contributed by atoms with Gasteiger partial charge < -0.3 is 9.55 Å². The highest BCUT2D eigenvalue weighted by Gasteiger charge is 2.23. The average Bonchev–Trinajstić information content (AvgIpc) is 3.47. The lowest BCUT2D eigenvalue weighted by molar-refractivity contribution is 0.471. The number of aromatic amines is 1. The van der Waals surface area contributed by atoms with Crippen LogP contribution in [0.15, 0.2) is 45.7 Å². The third kappa shape index (κ3) is 3.50. The van der Waals surface area contributed by atoms with Crippen LogP contribution < -0.4 is 5.56 Å². The molecular formula is C23H24N4OS2. The summed E-state index contributed by atoms with van der Waals surface area (Å²) in [4.78, 5) is 26.2. The lowest BCUT2D eigenvalue weighted by Gasteiger charge is -2.16. The predicted molar refractivity (Wildman–Crippen MR) is 124 cm³/mol. The summed E-state index contributed by atoms with van der Waals surface area (Å²) < 4.78 is 2.41. The average molecular weight is 437 g/mol. The van der Waals surface area contributed by atoms with E-state index in [1.165, 1.54) is 42.7 Å². The van der Waals surface area contributed by atoms with E-state index in [4.69, 9.17) is 9.97 Å². The van der Waals surface area contributed by atoms with Crippen molar-refractivity contribution in [2.75, 3.05) is 0 Å². The number of nitrogens with one attached hydrogen (secondary N) is 1. The second-order valence-electron chi connectivity index (χ2n) is 7.87. The van der Waals surface area contributed by atoms with Crippen molar-refractivity contribution in [1.82, 2.24) is 19.5 Å². The minimum absolute atomic E-state index is 0.0674. The van der Waals surface area contributed by atoms with Gasteiger partial charge in [-0.3, -0.25) is 4.79 Å². The number of H-pyrrole nitrogens is 1. The molecule has 30 heavy (non-hydrogen) atoms. The number of fused-ring (bicyclic) bond motifs is 1. The number of nitrogens with zero attached hydrogens (tertiary/aromatic N) is 3. The molecule has 1 fully saturated rings. The number of rotatable bonds is 5. The van der Waals surface area contributed by atoms with Crippen LogP contribution in [0, 0.1) is 13.8 Å². The number of thioether (sulfide) groups is 1. The predicted octanol–water partition coefficient (Wildman–Crippen LogP) is 5.87. The molecule has 154 valence electrons. The topological polar surface area (TPSA) is 63.6 Å². The molecule has 0 unspecified atom stereocenters. The Bertz CT molecular complexity index is 1250. The summed E-state index contributed by atoms with van der Waals surface area (Å²) in [6.07, 6.45) is 5.03. The molecule has 0 aliphatic heterocycles. The van der Waals surface area contributed by atoms with Crippen LogP contribution in [0.1, 0.15) is 48.9 Å². The molecule has 1 N–H and O–H groups in total. The van der Waals surface area contributed by atoms with Crippen molar-refractivity contribution in [2.45, 2.75) is 56.5 Å². The molecule has 1 aliphatic rings. The number of aryl methyl sites for hydroxylation is 1. The van der Waals surface area contributed by atoms with Gasteiger partial charge in [-0.1, -0.05) is 54.9 Å². The van der Waals surface area contributed by atoms with Crippen molar-refractivity contribution in [1.29, 1.82) is 0 Å². The van der Waals surface area contributed by atoms with Crippen LogP contribution in [0.25, 0.3) is 21.3 Å². The number of imidazole rings is 1. The van der Waals surface area contributed by atoms with E-state index in [9.17, 15) is 4.79 Å². The number of thiophene rings is 1. The summed E-state index contributed by atoms with van der Waals surface area (Å²) in [5.41, 5.74) is 4.27. The Morgan fingerprint density at radius 3 is 2.70 bits per heavy atom. The lowest BCUT2D eigenvalue weighted by atomic mass is 10.1. The molecule has 0 radical (unpaired) electrons. The van der Waals surface area contributed by atoms with Gasteiger partial charge in [0, 0.05) is 22.7 Å². The maximum Gasteiger partial charge on any atom is 0.260 e. The zero-order chi connectivity index (χ0) is 20.7. The van der Waals surface area contributed by atoms with Crippen LogP contribution in [0.4, 0.5) is 0 Å². The molecule has 7 heteroatoms. The maximum absolute atomic E-state index is 12.9. The molecule has 3 heterocycles. The molecule has 5 nitrogen and oxygen atoms in total. The molecule has 0 atom stereocenters. The van der Waals surface area contributed by atoms with Gasteiger partial charge in [0.15, 0.2) is 5.16 Å². The molecule has 0 saturated heterocycles. The Hall–Kier alpha value is -2.38. The fourth-order valence-corrected chi connectivity index (χ4v) is 6.31. The normalized spacial score (nSPS) is 14.7. The Labute approximate surface area is 183 Å². The number of hydrogen-bond donors (Lipinski definition) is 1. The van der Waals surface area contributed by atoms with Crippen molar-refractivity contribution in [3.05, 3.63) is 63.3 Å². The Kier molecular flexibility index (Phi) is 5.25. The van der Waals surface area contributed by atoms with Crippen LogP contribution in [-0.4, -0.2) is 19.5 Å². The summed E-state index contributed by atoms with van der Waals surface area (Å²) in [5, 5.41) is 3.74. The van der Waals surface area contributed by atoms with E-state index in [-0.39, 0.29) is 5.56 Å². The molecule has 4 aromatic rings. The van der Waals surface area contributed by atoms with Crippen LogP contribution in [0.2, 0.25) is 0 Å². The highest BCUT2D eigenvalue weighted by atomic mass is 32.2. The molecule has 1 aromatic carbocycles. The highest BCUT2D eigenvalue weighted by Crippen LogP contribution is 2.36. The molecule has 1 saturated carbocycles. The van der Waals surface area contributed by atoms with Gasteiger partial charge >= 0.3 is 0 Å². The fourth-order valence-electron chi connectivity index (χ4n) is 4.32. The first kappa shape index (κ1) is 19.6. The summed E-state index contributed by atoms with van der Waals surface area (Å²) in [5.74, 6) is 1.31. The van der Waals surface area contributed by atoms with Crippen molar-refractivity contribution in [3.63, 3.8) is 0 Å². The van der Waals surface area contributed by atoms with Crippen LogP contribution in [-0.2, 0) is 5.75 Å². The zero-order valence-corrected chi connectivity index (χ0v) is 18.8. The molecule has 0 spiro atoms. The second kappa shape index (κ2) is 8.04. The molecule has 0 amide bonds. The Morgan fingerprint density at radius 2 is 1.93 bits per heavy atom. The van der Waals surface area contributed by atoms with Crippen molar-refractivity contribution in [3.8, 4) is 11.1 Å². The highest BCUT2D eigenvalue weighted by molar-refractivity contribution is 7.98. The van der Waals surface area contributed by atoms with E-state index in [1.807, 2.05) is 35.7 Å². The number of aromatic nitrogens is 4. The van der Waals surface area contributed by atoms with Gasteiger partial charge in [-0.05, 0) is 32.3 Å². The SMILES string of the molecule is Cc1nc(SCc2nc3scc(-c4ccccc4)c3c(=O)[nH]2)n(C2CCCC2)c1C. The molecule has 3 aromatic heterocycles. The van der Waals surface area contributed by atoms with E-state index in [2.05, 4.69) is 23.4 Å². The summed E-state index contributed by atoms with van der Waals surface area (Å²) >= 11 is 3.19. The number of hydrogen-bond acceptors (Lipinski definition) is 5. The molecule has 5 rings (SSSR count). The van der Waals surface area contributed by atoms with E-state index >= 15 is 0 Å². The van der Waals surface area contributed by atoms with E-state index < -0.39 is 0 Å². The van der Waals surface area contributed by atoms with Crippen LogP contribution >= 0.6 is 23.1 Å². The van der Waals surface area contributed by atoms with Gasteiger partial charge in [-0.15, -0.1) is 11.3 Å². The summed E-state index contributed by atoms with van der Waals surface area (Å²) in [6.45, 7) is 4.24. The lowest BCUT2D eigenvalue weighted by Crippen LogP contribution is -2.11. The second-order valence-corrected chi connectivity index (χ2v) is 9.67. The first-order valence-corrected chi connectivity index (χ1v) is 12.2. The van der Waals surface area contributed by atoms with Gasteiger partial charge in [0.25, 0.3) is 5.56 Å². The van der Waals surface area contributed by atoms with Gasteiger partial charge in [0.1, 0.15) is 10.7 Å². The fraction of sp³-hybridized carbons (Fsp3) is 0.348. The van der Waals surface area contributed by atoms with Gasteiger partial charge in [0.05, 0.1) is 16.8 Å². The van der Waals surface area contributed by atoms with Crippen LogP contribution in [0.3, 0.4) is 0 Å². The zero-order valence-electron chi connectivity index (χ0n) is 17.1. The molecule has 1 aliphatic carbocycles. The molecule has 0 bridgehead atoms. The van der Waals surface area contributed by atoms with Gasteiger partial charge in [-0.2, -0.15) is 0 Å². The molecular weight excluding hydrogens is 412 g/mol. The summed E-state index contributed by atoms with van der Waals surface area (Å²) in [6, 6.07) is 10.6. The van der Waals surface area contributed by atoms with Crippen molar-refractivity contribution in [2.24, 2.45) is 0 Å². The Balaban J connectivity index is 1.44. The maximum atomic E-state index is 12.9. The van der Waals surface area contributed by atoms with Crippen molar-refractivity contribution >= 4 is 33.3 Å². The van der Waals surface area contributed by atoms with Gasteiger partial charge in [-0.25, -0.2) is 9.97 Å². The smallest absolute Gasteiger partial charge is 0.260 e. The number of benzene rings is 1. The van der Waals surface area contributed by atoms with Crippen molar-refractivity contribution < 1.29 is 0 Å². The van der Waals surface area contributed by atoms with E-state index in [0.29, 0.717) is 23.0 Å². The van der Waals surface area contributed by atoms with E-state index in [1.54, 1.807) is 11.8 Å². The first-order valence-electron chi connectivity index (χ1n) is 10.4. The largest absolute Gasteiger partial charge is 0.320 e. The third-order valence-corrected chi connectivity index (χ3v) is 7.80. The van der Waals surface area contributed by atoms with Gasteiger partial charge in [0.2, 0.25) is 0 Å². The van der Waals surface area contributed by atoms with Crippen LogP contribution in [0.5, 0.6) is 0 Å². The third-order valence-electron chi connectivity index (χ3n) is 5.96. The summed E-state index contributed by atoms with van der Waals surface area (Å²) in [7, 11) is 0. The standard InChI is InChI=1S/C23H24N4OS2/c1-14-15(2)27(17-10-6-7-11-17)23(24-14)30-13-19-25-21(28)20-18(12-29-22(20)26-19)16-8-4-3-5-9-16/h3-5,8-9,12,17H,6-7,10-11,13H2,1-2H3,(H,25,26,28). The van der Waals surface area contributed by atoms with E-state index in [0.717, 1.165) is 26.8 Å². The first-order chi connectivity index (χ1) is 14.6. The minimum atomic E-state index is -0.0674. The monoisotopic (exact) mass is 436 g/mol. The Morgan fingerprint density at radius 1 is 1.17 bits per heavy atom. The minimum Gasteiger partial charge on any atom is -0.320 e.